The third-order valence-corrected chi connectivity index (χ3v) is 5.18. The normalized spacial score (nSPS) is 14.5. The topological polar surface area (TPSA) is 60.2 Å². The van der Waals surface area contributed by atoms with Crippen LogP contribution in [-0.2, 0) is 0 Å². The van der Waals surface area contributed by atoms with Crippen LogP contribution in [0, 0.1) is 0 Å². The maximum atomic E-state index is 12.8. The number of carbonyl (C=O) groups is 1. The van der Waals surface area contributed by atoms with Crippen molar-refractivity contribution in [3.8, 4) is 0 Å². The van der Waals surface area contributed by atoms with Crippen molar-refractivity contribution < 1.29 is 4.79 Å². The van der Waals surface area contributed by atoms with Crippen molar-refractivity contribution in [1.29, 1.82) is 0 Å². The number of amides is 1. The summed E-state index contributed by atoms with van der Waals surface area (Å²) in [4.78, 5) is 18.5. The van der Waals surface area contributed by atoms with E-state index < -0.39 is 0 Å². The average molecular weight is 362 g/mol. The average Bonchev–Trinajstić information content (AvgIpc) is 3.37. The van der Waals surface area contributed by atoms with Gasteiger partial charge in [-0.15, -0.1) is 0 Å². The minimum atomic E-state index is -0.0912. The lowest BCUT2D eigenvalue weighted by atomic mass is 10.1. The molecule has 1 fully saturated rings. The first-order chi connectivity index (χ1) is 13.3. The molecular weight excluding hydrogens is 336 g/mol. The number of nitrogens with zero attached hydrogens (tertiary/aromatic N) is 1. The fraction of sp³-hybridized carbons (Fsp3) is 0.318. The number of nitrogens with one attached hydrogen (secondary N) is 3. The van der Waals surface area contributed by atoms with Gasteiger partial charge in [0.25, 0.3) is 5.91 Å². The summed E-state index contributed by atoms with van der Waals surface area (Å²) in [7, 11) is 0. The summed E-state index contributed by atoms with van der Waals surface area (Å²) in [6.07, 6.45) is 5.62. The van der Waals surface area contributed by atoms with Crippen molar-refractivity contribution in [1.82, 2.24) is 9.88 Å². The minimum absolute atomic E-state index is 0.0912. The van der Waals surface area contributed by atoms with Gasteiger partial charge in [-0.05, 0) is 69.2 Å². The van der Waals surface area contributed by atoms with Gasteiger partial charge < -0.3 is 20.5 Å². The summed E-state index contributed by atoms with van der Waals surface area (Å²) in [5.41, 5.74) is 3.43. The zero-order valence-corrected chi connectivity index (χ0v) is 15.5. The number of hydrogen-bond acceptors (Lipinski definition) is 3. The Hall–Kier alpha value is -2.79. The van der Waals surface area contributed by atoms with E-state index in [2.05, 4.69) is 20.5 Å². The number of anilines is 2. The zero-order valence-electron chi connectivity index (χ0n) is 15.5. The van der Waals surface area contributed by atoms with Crippen LogP contribution in [0.15, 0.2) is 54.7 Å². The Kier molecular flexibility index (Phi) is 5.39. The molecule has 0 spiro atoms. The fourth-order valence-electron chi connectivity index (χ4n) is 3.75. The lowest BCUT2D eigenvalue weighted by Gasteiger charge is -2.16. The van der Waals surface area contributed by atoms with Crippen molar-refractivity contribution in [2.45, 2.75) is 19.3 Å². The highest BCUT2D eigenvalue weighted by molar-refractivity contribution is 6.13. The molecule has 1 saturated heterocycles. The summed E-state index contributed by atoms with van der Waals surface area (Å²) < 4.78 is 0. The number of H-pyrrole nitrogens is 1. The summed E-state index contributed by atoms with van der Waals surface area (Å²) in [6.45, 7) is 4.50. The first-order valence-corrected chi connectivity index (χ1v) is 9.74. The second-order valence-electron chi connectivity index (χ2n) is 7.07. The molecule has 1 amide bonds. The Morgan fingerprint density at radius 3 is 2.67 bits per heavy atom. The molecule has 0 unspecified atom stereocenters. The number of carbonyl (C=O) groups excluding carboxylic acids is 1. The van der Waals surface area contributed by atoms with Crippen LogP contribution >= 0.6 is 0 Å². The highest BCUT2D eigenvalue weighted by atomic mass is 16.1. The number of likely N-dealkylation sites (tertiary alicyclic amines) is 1. The molecule has 1 aliphatic rings. The van der Waals surface area contributed by atoms with Gasteiger partial charge in [-0.3, -0.25) is 4.79 Å². The number of fused-ring (bicyclic) bond motifs is 1. The molecule has 5 heteroatoms. The van der Waals surface area contributed by atoms with Gasteiger partial charge in [0, 0.05) is 29.2 Å². The molecule has 0 aliphatic carbocycles. The van der Waals surface area contributed by atoms with Crippen molar-refractivity contribution in [3.63, 3.8) is 0 Å². The quantitative estimate of drug-likeness (QED) is 0.549. The molecule has 3 aromatic rings. The van der Waals surface area contributed by atoms with Crippen molar-refractivity contribution >= 4 is 28.2 Å². The van der Waals surface area contributed by atoms with Gasteiger partial charge in [0.05, 0.1) is 11.4 Å². The molecule has 0 radical (unpaired) electrons. The lowest BCUT2D eigenvalue weighted by molar-refractivity contribution is 0.102. The summed E-state index contributed by atoms with van der Waals surface area (Å²) in [6, 6.07) is 15.6. The van der Waals surface area contributed by atoms with Crippen LogP contribution in [0.4, 0.5) is 11.4 Å². The van der Waals surface area contributed by atoms with E-state index in [1.54, 1.807) is 0 Å². The largest absolute Gasteiger partial charge is 0.383 e. The first kappa shape index (κ1) is 17.6. The van der Waals surface area contributed by atoms with Gasteiger partial charge in [-0.1, -0.05) is 18.2 Å². The fourth-order valence-corrected chi connectivity index (χ4v) is 3.75. The first-order valence-electron chi connectivity index (χ1n) is 9.74. The van der Waals surface area contributed by atoms with E-state index in [9.17, 15) is 4.79 Å². The van der Waals surface area contributed by atoms with Crippen LogP contribution in [0.5, 0.6) is 0 Å². The van der Waals surface area contributed by atoms with E-state index in [1.165, 1.54) is 25.9 Å². The second-order valence-corrected chi connectivity index (χ2v) is 7.07. The highest BCUT2D eigenvalue weighted by Crippen LogP contribution is 2.24. The second kappa shape index (κ2) is 8.27. The molecule has 140 valence electrons. The van der Waals surface area contributed by atoms with Crippen LogP contribution in [0.3, 0.4) is 0 Å². The number of aromatic nitrogens is 1. The van der Waals surface area contributed by atoms with Crippen LogP contribution in [0.1, 0.15) is 29.6 Å². The van der Waals surface area contributed by atoms with Crippen LogP contribution in [0.25, 0.3) is 10.9 Å². The maximum absolute atomic E-state index is 12.8. The molecule has 0 saturated carbocycles. The van der Waals surface area contributed by atoms with Crippen LogP contribution < -0.4 is 10.6 Å². The molecule has 2 aromatic carbocycles. The maximum Gasteiger partial charge on any atom is 0.256 e. The summed E-state index contributed by atoms with van der Waals surface area (Å²) in [5.74, 6) is -0.0912. The molecule has 5 nitrogen and oxygen atoms in total. The van der Waals surface area contributed by atoms with Gasteiger partial charge >= 0.3 is 0 Å². The van der Waals surface area contributed by atoms with Gasteiger partial charge in [-0.2, -0.15) is 0 Å². The van der Waals surface area contributed by atoms with Crippen molar-refractivity contribution in [2.24, 2.45) is 0 Å². The van der Waals surface area contributed by atoms with E-state index in [-0.39, 0.29) is 5.91 Å². The van der Waals surface area contributed by atoms with Gasteiger partial charge in [-0.25, -0.2) is 0 Å². The van der Waals surface area contributed by atoms with E-state index in [0.29, 0.717) is 5.56 Å². The Morgan fingerprint density at radius 2 is 1.81 bits per heavy atom. The lowest BCUT2D eigenvalue weighted by Crippen LogP contribution is -2.22. The molecule has 27 heavy (non-hydrogen) atoms. The van der Waals surface area contributed by atoms with Crippen molar-refractivity contribution in [2.75, 3.05) is 36.8 Å². The van der Waals surface area contributed by atoms with Gasteiger partial charge in [0.15, 0.2) is 0 Å². The number of benzene rings is 2. The van der Waals surface area contributed by atoms with E-state index in [1.807, 2.05) is 54.7 Å². The predicted octanol–water partition coefficient (Wildman–Crippen LogP) is 4.32. The zero-order chi connectivity index (χ0) is 18.5. The Morgan fingerprint density at radius 1 is 1.00 bits per heavy atom. The number of rotatable bonds is 7. The van der Waals surface area contributed by atoms with Crippen molar-refractivity contribution in [3.05, 3.63) is 60.3 Å². The molecular formula is C22H26N4O. The van der Waals surface area contributed by atoms with Gasteiger partial charge in [0.2, 0.25) is 0 Å². The molecule has 3 N–H and O–H groups in total. The number of aromatic amines is 1. The number of hydrogen-bond donors (Lipinski definition) is 3. The monoisotopic (exact) mass is 362 g/mol. The Labute approximate surface area is 159 Å². The van der Waals surface area contributed by atoms with E-state index >= 15 is 0 Å². The minimum Gasteiger partial charge on any atom is -0.383 e. The van der Waals surface area contributed by atoms with Gasteiger partial charge in [0.1, 0.15) is 0 Å². The molecule has 2 heterocycles. The van der Waals surface area contributed by atoms with E-state index in [4.69, 9.17) is 0 Å². The molecule has 4 rings (SSSR count). The Balaban J connectivity index is 1.40. The standard InChI is InChI=1S/C22H26N4O/c27-22(18-7-5-10-19-17(18)11-13-24-19)25-21-9-2-1-8-20(21)23-12-6-16-26-14-3-4-15-26/h1-2,5,7-11,13,23-24H,3-4,6,12,14-16H2,(H,25,27). The third-order valence-electron chi connectivity index (χ3n) is 5.18. The van der Waals surface area contributed by atoms with E-state index in [0.717, 1.165) is 41.8 Å². The molecule has 0 atom stereocenters. The van der Waals surface area contributed by atoms with Crippen LogP contribution in [0.2, 0.25) is 0 Å². The molecule has 0 bridgehead atoms. The molecule has 1 aromatic heterocycles. The van der Waals surface area contributed by atoms with Crippen LogP contribution in [-0.4, -0.2) is 42.0 Å². The molecule has 1 aliphatic heterocycles. The smallest absolute Gasteiger partial charge is 0.256 e. The predicted molar refractivity (Wildman–Crippen MR) is 111 cm³/mol. The number of para-hydroxylation sites is 2. The third kappa shape index (κ3) is 4.14. The Bertz CT molecular complexity index is 911. The SMILES string of the molecule is O=C(Nc1ccccc1NCCCN1CCCC1)c1cccc2[nH]ccc12. The summed E-state index contributed by atoms with van der Waals surface area (Å²) >= 11 is 0. The highest BCUT2D eigenvalue weighted by Gasteiger charge is 2.13. The summed E-state index contributed by atoms with van der Waals surface area (Å²) in [5, 5.41) is 7.48.